The van der Waals surface area contributed by atoms with E-state index in [9.17, 15) is 9.90 Å². The van der Waals surface area contributed by atoms with E-state index in [2.05, 4.69) is 4.98 Å². The number of hydrogen-bond donors (Lipinski definition) is 3. The number of aromatic hydroxyl groups is 1. The van der Waals surface area contributed by atoms with Crippen molar-refractivity contribution in [2.24, 2.45) is 5.73 Å². The maximum atomic E-state index is 12.0. The number of primary amides is 1. The van der Waals surface area contributed by atoms with Crippen LogP contribution in [0.5, 0.6) is 17.4 Å². The van der Waals surface area contributed by atoms with Crippen LogP contribution in [-0.4, -0.2) is 27.4 Å². The van der Waals surface area contributed by atoms with E-state index in [-0.39, 0.29) is 23.9 Å². The van der Waals surface area contributed by atoms with Crippen LogP contribution in [0.25, 0.3) is 16.7 Å². The predicted molar refractivity (Wildman–Crippen MR) is 91.3 cm³/mol. The summed E-state index contributed by atoms with van der Waals surface area (Å²) in [4.78, 5) is 16.5. The van der Waals surface area contributed by atoms with Gasteiger partial charge in [0.05, 0.1) is 11.3 Å². The molecule has 1 aromatic carbocycles. The van der Waals surface area contributed by atoms with Crippen LogP contribution < -0.4 is 20.9 Å². The zero-order chi connectivity index (χ0) is 17.9. The number of ether oxygens (including phenoxy) is 2. The second kappa shape index (κ2) is 5.04. The largest absolute Gasteiger partial charge is 0.508 e. The molecule has 0 bridgehead atoms. The number of hydrogen-bond acceptors (Lipinski definition) is 6. The Morgan fingerprint density at radius 3 is 2.80 bits per heavy atom. The van der Waals surface area contributed by atoms with Gasteiger partial charge in [0.2, 0.25) is 6.79 Å². The minimum atomic E-state index is -0.669. The molecule has 8 nitrogen and oxygen atoms in total. The predicted octanol–water partition coefficient (Wildman–Crippen LogP) is 1.76. The summed E-state index contributed by atoms with van der Waals surface area (Å²) in [5.41, 5.74) is 14.5. The lowest BCUT2D eigenvalue weighted by atomic mass is 10.1. The molecule has 3 heterocycles. The second-order valence-electron chi connectivity index (χ2n) is 5.90. The van der Waals surface area contributed by atoms with Gasteiger partial charge in [0.15, 0.2) is 11.4 Å². The fourth-order valence-corrected chi connectivity index (χ4v) is 3.20. The molecule has 8 heteroatoms. The van der Waals surface area contributed by atoms with Crippen LogP contribution in [0.3, 0.4) is 0 Å². The molecule has 0 saturated carbocycles. The van der Waals surface area contributed by atoms with E-state index >= 15 is 0 Å². The van der Waals surface area contributed by atoms with Crippen LogP contribution in [0.15, 0.2) is 18.2 Å². The van der Waals surface area contributed by atoms with Crippen molar-refractivity contribution < 1.29 is 19.4 Å². The summed E-state index contributed by atoms with van der Waals surface area (Å²) in [7, 11) is 0. The molecule has 0 unspecified atom stereocenters. The van der Waals surface area contributed by atoms with Gasteiger partial charge in [-0.2, -0.15) is 4.98 Å². The average molecular weight is 340 g/mol. The van der Waals surface area contributed by atoms with Crippen molar-refractivity contribution in [1.82, 2.24) is 9.55 Å². The number of rotatable bonds is 2. The SMILES string of the molecule is Cc1ccc(O)c(C)c1-n1c(N)c(C(N)=O)c2cc3c(nc21)OCO3. The molecule has 1 amide bonds. The minimum absolute atomic E-state index is 0.0561. The smallest absolute Gasteiger partial charge is 0.262 e. The number of carbonyl (C=O) groups excluding carboxylic acids is 1. The summed E-state index contributed by atoms with van der Waals surface area (Å²) >= 11 is 0. The number of anilines is 1. The summed E-state index contributed by atoms with van der Waals surface area (Å²) < 4.78 is 12.3. The zero-order valence-electron chi connectivity index (χ0n) is 13.7. The maximum Gasteiger partial charge on any atom is 0.262 e. The van der Waals surface area contributed by atoms with Crippen molar-refractivity contribution in [2.45, 2.75) is 13.8 Å². The molecular formula is C17H16N4O4. The van der Waals surface area contributed by atoms with E-state index in [1.54, 1.807) is 29.7 Å². The van der Waals surface area contributed by atoms with Gasteiger partial charge in [0.25, 0.3) is 11.8 Å². The highest BCUT2D eigenvalue weighted by Gasteiger charge is 2.27. The molecule has 3 aromatic rings. The molecule has 2 aromatic heterocycles. The monoisotopic (exact) mass is 340 g/mol. The summed E-state index contributed by atoms with van der Waals surface area (Å²) in [5.74, 6) is 0.338. The minimum Gasteiger partial charge on any atom is -0.508 e. The Morgan fingerprint density at radius 1 is 1.32 bits per heavy atom. The molecule has 25 heavy (non-hydrogen) atoms. The fraction of sp³-hybridized carbons (Fsp3) is 0.176. The van der Waals surface area contributed by atoms with Gasteiger partial charge in [0, 0.05) is 10.9 Å². The van der Waals surface area contributed by atoms with E-state index in [0.29, 0.717) is 33.9 Å². The van der Waals surface area contributed by atoms with Gasteiger partial charge in [0.1, 0.15) is 11.6 Å². The van der Waals surface area contributed by atoms with Crippen molar-refractivity contribution in [3.05, 3.63) is 34.9 Å². The molecule has 1 aliphatic rings. The van der Waals surface area contributed by atoms with E-state index in [1.165, 1.54) is 0 Å². The molecule has 0 atom stereocenters. The van der Waals surface area contributed by atoms with Crippen molar-refractivity contribution >= 4 is 22.8 Å². The molecule has 4 rings (SSSR count). The summed E-state index contributed by atoms with van der Waals surface area (Å²) in [6.45, 7) is 3.70. The lowest BCUT2D eigenvalue weighted by molar-refractivity contribution is 0.100. The molecule has 0 radical (unpaired) electrons. The number of phenols is 1. The van der Waals surface area contributed by atoms with Crippen molar-refractivity contribution in [3.8, 4) is 23.1 Å². The summed E-state index contributed by atoms with van der Waals surface area (Å²) in [6, 6.07) is 5.01. The number of pyridine rings is 1. The number of aryl methyl sites for hydroxylation is 1. The van der Waals surface area contributed by atoms with Gasteiger partial charge in [-0.05, 0) is 31.5 Å². The molecule has 0 saturated heterocycles. The first-order valence-electron chi connectivity index (χ1n) is 7.60. The number of nitrogens with zero attached hydrogens (tertiary/aromatic N) is 2. The molecule has 5 N–H and O–H groups in total. The van der Waals surface area contributed by atoms with Crippen LogP contribution >= 0.6 is 0 Å². The first kappa shape index (κ1) is 15.1. The van der Waals surface area contributed by atoms with Crippen LogP contribution in [-0.2, 0) is 0 Å². The molecule has 0 fully saturated rings. The van der Waals surface area contributed by atoms with Gasteiger partial charge in [-0.25, -0.2) is 0 Å². The highest BCUT2D eigenvalue weighted by atomic mass is 16.7. The van der Waals surface area contributed by atoms with Gasteiger partial charge in [-0.1, -0.05) is 6.07 Å². The van der Waals surface area contributed by atoms with E-state index in [1.807, 2.05) is 6.92 Å². The Balaban J connectivity index is 2.17. The Kier molecular flexibility index (Phi) is 3.05. The number of carbonyl (C=O) groups is 1. The topological polar surface area (TPSA) is 126 Å². The van der Waals surface area contributed by atoms with Crippen molar-refractivity contribution in [1.29, 1.82) is 0 Å². The summed E-state index contributed by atoms with van der Waals surface area (Å²) in [5, 5.41) is 10.6. The summed E-state index contributed by atoms with van der Waals surface area (Å²) in [6.07, 6.45) is 0. The number of fused-ring (bicyclic) bond motifs is 2. The number of aromatic nitrogens is 2. The van der Waals surface area contributed by atoms with Gasteiger partial charge >= 0.3 is 0 Å². The number of nitrogens with two attached hydrogens (primary N) is 2. The van der Waals surface area contributed by atoms with Crippen molar-refractivity contribution in [2.75, 3.05) is 12.5 Å². The Bertz CT molecular complexity index is 1050. The average Bonchev–Trinajstić information content (AvgIpc) is 3.11. The van der Waals surface area contributed by atoms with Crippen LogP contribution in [0.1, 0.15) is 21.5 Å². The first-order valence-corrected chi connectivity index (χ1v) is 7.60. The second-order valence-corrected chi connectivity index (χ2v) is 5.90. The normalized spacial score (nSPS) is 12.7. The highest BCUT2D eigenvalue weighted by Crippen LogP contribution is 2.40. The number of benzene rings is 1. The van der Waals surface area contributed by atoms with Gasteiger partial charge < -0.3 is 26.0 Å². The van der Waals surface area contributed by atoms with E-state index < -0.39 is 5.91 Å². The maximum absolute atomic E-state index is 12.0. The third-order valence-electron chi connectivity index (χ3n) is 4.40. The Hall–Kier alpha value is -3.42. The lowest BCUT2D eigenvalue weighted by Gasteiger charge is -2.15. The van der Waals surface area contributed by atoms with Crippen LogP contribution in [0, 0.1) is 13.8 Å². The molecular weight excluding hydrogens is 324 g/mol. The van der Waals surface area contributed by atoms with Crippen LogP contribution in [0.4, 0.5) is 5.82 Å². The highest BCUT2D eigenvalue weighted by molar-refractivity contribution is 6.11. The number of nitrogen functional groups attached to an aromatic ring is 1. The zero-order valence-corrected chi connectivity index (χ0v) is 13.7. The van der Waals surface area contributed by atoms with E-state index in [0.717, 1.165) is 5.56 Å². The lowest BCUT2D eigenvalue weighted by Crippen LogP contribution is -2.14. The Morgan fingerprint density at radius 2 is 2.08 bits per heavy atom. The van der Waals surface area contributed by atoms with Crippen molar-refractivity contribution in [3.63, 3.8) is 0 Å². The van der Waals surface area contributed by atoms with E-state index in [4.69, 9.17) is 20.9 Å². The Labute approximate surface area is 142 Å². The molecule has 0 aliphatic carbocycles. The third-order valence-corrected chi connectivity index (χ3v) is 4.40. The molecule has 0 spiro atoms. The fourth-order valence-electron chi connectivity index (χ4n) is 3.20. The number of amides is 1. The molecule has 1 aliphatic heterocycles. The number of phenolic OH excluding ortho intramolecular Hbond substituents is 1. The molecule has 128 valence electrons. The standard InChI is InChI=1S/C17H16N4O4/c1-7-3-4-10(22)8(2)13(7)21-14(18)12(15(19)23)9-5-11-17(20-16(9)21)25-6-24-11/h3-5,22H,6,18H2,1-2H3,(H2,19,23). The first-order chi connectivity index (χ1) is 11.9. The third kappa shape index (κ3) is 2.00. The van der Waals surface area contributed by atoms with Crippen LogP contribution in [0.2, 0.25) is 0 Å². The van der Waals surface area contributed by atoms with Gasteiger partial charge in [-0.15, -0.1) is 0 Å². The quantitative estimate of drug-likeness (QED) is 0.652. The van der Waals surface area contributed by atoms with Gasteiger partial charge in [-0.3, -0.25) is 9.36 Å².